The number of aromatic hydroxyl groups is 11. The third-order valence-corrected chi connectivity index (χ3v) is 10.6. The Morgan fingerprint density at radius 3 is 1.39 bits per heavy atom. The first-order valence-electron chi connectivity index (χ1n) is 18.0. The van der Waals surface area contributed by atoms with Crippen molar-refractivity contribution >= 4 is 12.2 Å². The molecule has 2 aliphatic rings. The van der Waals surface area contributed by atoms with Gasteiger partial charge in [-0.3, -0.25) is 0 Å². The molecule has 2 heterocycles. The highest BCUT2D eigenvalue weighted by Gasteiger charge is 2.49. The van der Waals surface area contributed by atoms with E-state index in [1.807, 2.05) is 0 Å². The topological polar surface area (TPSA) is 281 Å². The van der Waals surface area contributed by atoms with Crippen LogP contribution in [-0.4, -0.2) is 78.6 Å². The average molecular weight is 805 g/mol. The van der Waals surface area contributed by atoms with Crippen LogP contribution in [0.2, 0.25) is 0 Å². The van der Waals surface area contributed by atoms with Crippen LogP contribution < -0.4 is 9.47 Å². The van der Waals surface area contributed by atoms with E-state index >= 15 is 0 Å². The summed E-state index contributed by atoms with van der Waals surface area (Å²) in [7, 11) is 0. The molecule has 302 valence electrons. The number of aliphatic hydroxyl groups is 2. The summed E-state index contributed by atoms with van der Waals surface area (Å²) < 4.78 is 12.5. The first-order valence-corrected chi connectivity index (χ1v) is 18.0. The molecule has 0 saturated carbocycles. The Kier molecular flexibility index (Phi) is 9.34. The van der Waals surface area contributed by atoms with Crippen LogP contribution in [0, 0.1) is 0 Å². The van der Waals surface area contributed by atoms with E-state index in [1.165, 1.54) is 36.4 Å². The Hall–Kier alpha value is -7.62. The molecule has 6 aromatic rings. The number of phenols is 11. The zero-order chi connectivity index (χ0) is 42.0. The van der Waals surface area contributed by atoms with Gasteiger partial charge in [0.2, 0.25) is 0 Å². The molecule has 0 unspecified atom stereocenters. The molecule has 0 aromatic heterocycles. The average Bonchev–Trinajstić information content (AvgIpc) is 3.17. The minimum absolute atomic E-state index is 0.0443. The van der Waals surface area contributed by atoms with Gasteiger partial charge in [-0.1, -0.05) is 36.4 Å². The number of benzene rings is 6. The van der Waals surface area contributed by atoms with Gasteiger partial charge in [0, 0.05) is 40.5 Å². The van der Waals surface area contributed by atoms with Crippen molar-refractivity contribution in [3.8, 4) is 74.7 Å². The minimum Gasteiger partial charge on any atom is -0.508 e. The molecule has 0 radical (unpaired) electrons. The number of ether oxygens (including phenoxy) is 2. The number of rotatable bonds is 6. The quantitative estimate of drug-likeness (QED) is 0.0692. The Labute approximate surface area is 333 Å². The van der Waals surface area contributed by atoms with Crippen molar-refractivity contribution in [3.05, 3.63) is 136 Å². The molecule has 2 aliphatic heterocycles. The summed E-state index contributed by atoms with van der Waals surface area (Å²) in [5, 5.41) is 143. The Morgan fingerprint density at radius 2 is 0.847 bits per heavy atom. The highest BCUT2D eigenvalue weighted by Crippen LogP contribution is 2.61. The first-order chi connectivity index (χ1) is 28.1. The maximum absolute atomic E-state index is 12.2. The number of fused-ring (bicyclic) bond motifs is 2. The summed E-state index contributed by atoms with van der Waals surface area (Å²) in [6, 6.07) is 18.9. The lowest BCUT2D eigenvalue weighted by molar-refractivity contribution is -0.00355. The molecular formula is C44H36O15. The van der Waals surface area contributed by atoms with Crippen molar-refractivity contribution in [1.82, 2.24) is 0 Å². The lowest BCUT2D eigenvalue weighted by Gasteiger charge is -2.42. The van der Waals surface area contributed by atoms with Crippen LogP contribution in [0.15, 0.2) is 91.0 Å². The second kappa shape index (κ2) is 14.4. The molecule has 15 heteroatoms. The third-order valence-electron chi connectivity index (χ3n) is 10.6. The van der Waals surface area contributed by atoms with Gasteiger partial charge in [-0.2, -0.15) is 0 Å². The van der Waals surface area contributed by atoms with Gasteiger partial charge in [0.1, 0.15) is 64.0 Å². The summed E-state index contributed by atoms with van der Waals surface area (Å²) >= 11 is 0. The van der Waals surface area contributed by atoms with Crippen LogP contribution in [0.25, 0.3) is 12.2 Å². The molecular weight excluding hydrogens is 768 g/mol. The Balaban J connectivity index is 1.35. The largest absolute Gasteiger partial charge is 0.508 e. The van der Waals surface area contributed by atoms with Crippen LogP contribution in [0.5, 0.6) is 74.7 Å². The number of hydrogen-bond donors (Lipinski definition) is 13. The second-order valence-electron chi connectivity index (χ2n) is 14.4. The fourth-order valence-electron chi connectivity index (χ4n) is 7.93. The predicted octanol–water partition coefficient (Wildman–Crippen LogP) is 5.87. The molecule has 0 saturated heterocycles. The van der Waals surface area contributed by atoms with Gasteiger partial charge in [-0.05, 0) is 70.8 Å². The highest BCUT2D eigenvalue weighted by molar-refractivity contribution is 5.74. The summed E-state index contributed by atoms with van der Waals surface area (Å²) in [6.45, 7) is 0. The molecule has 15 nitrogen and oxygen atoms in total. The summed E-state index contributed by atoms with van der Waals surface area (Å²) in [5.41, 5.74) is 0.0733. The van der Waals surface area contributed by atoms with Crippen molar-refractivity contribution in [2.24, 2.45) is 0 Å². The Bertz CT molecular complexity index is 2630. The SMILES string of the molecule is Oc1ccc(/C=C/c2cc(O)c([C@H]3c4c(O)cc(O)c([C@H]5c6c(O)cc(O)cc6O[C@H](c6ccc(O)c(O)c6)[C@@H]5O)c4O[C@H](c4ccc(O)c(O)c4)[C@@H]3O)c(O)c2)cc1. The standard InChI is InChI=1S/C44H36O15/c45-22-7-3-18(4-8-22)1-2-19-11-28(51)34(29(52)12-19)38-36-31(54)17-32(55)37(44(36)59-43(40(38)56)21-6-10-25(48)27(50)14-21)39-35-30(53)15-23(46)16-33(35)58-42(41(39)57)20-5-9-24(47)26(49)13-20/h1-17,38-43,45-57H/b2-1+/t38-,39+,40+,41+,42+,43+/m0/s1. The molecule has 6 aromatic carbocycles. The maximum Gasteiger partial charge on any atom is 0.157 e. The van der Waals surface area contributed by atoms with Gasteiger partial charge in [0.25, 0.3) is 0 Å². The molecule has 8 rings (SSSR count). The van der Waals surface area contributed by atoms with Crippen LogP contribution in [0.3, 0.4) is 0 Å². The van der Waals surface area contributed by atoms with Crippen molar-refractivity contribution in [2.45, 2.75) is 36.3 Å². The van der Waals surface area contributed by atoms with E-state index in [2.05, 4.69) is 0 Å². The smallest absolute Gasteiger partial charge is 0.157 e. The third kappa shape index (κ3) is 6.63. The van der Waals surface area contributed by atoms with E-state index in [9.17, 15) is 66.4 Å². The fourth-order valence-corrected chi connectivity index (χ4v) is 7.93. The molecule has 0 bridgehead atoms. The maximum atomic E-state index is 12.2. The molecule has 59 heavy (non-hydrogen) atoms. The minimum atomic E-state index is -1.80. The van der Waals surface area contributed by atoms with E-state index in [-0.39, 0.29) is 44.9 Å². The lowest BCUT2D eigenvalue weighted by Crippen LogP contribution is -2.38. The molecule has 0 aliphatic carbocycles. The zero-order valence-electron chi connectivity index (χ0n) is 30.4. The van der Waals surface area contributed by atoms with Crippen LogP contribution in [0.4, 0.5) is 0 Å². The lowest BCUT2D eigenvalue weighted by atomic mass is 9.74. The normalized spacial score (nSPS) is 21.0. The van der Waals surface area contributed by atoms with Crippen molar-refractivity contribution < 1.29 is 75.9 Å². The summed E-state index contributed by atoms with van der Waals surface area (Å²) in [4.78, 5) is 0. The summed E-state index contributed by atoms with van der Waals surface area (Å²) in [6.07, 6.45) is -3.34. The van der Waals surface area contributed by atoms with E-state index in [4.69, 9.17) is 9.47 Å². The van der Waals surface area contributed by atoms with E-state index in [0.717, 1.165) is 42.5 Å². The predicted molar refractivity (Wildman–Crippen MR) is 208 cm³/mol. The van der Waals surface area contributed by atoms with Crippen LogP contribution in [-0.2, 0) is 0 Å². The fraction of sp³-hybridized carbons (Fsp3) is 0.136. The van der Waals surface area contributed by atoms with Crippen molar-refractivity contribution in [1.29, 1.82) is 0 Å². The van der Waals surface area contributed by atoms with Gasteiger partial charge >= 0.3 is 0 Å². The van der Waals surface area contributed by atoms with Crippen LogP contribution in [0.1, 0.15) is 68.6 Å². The monoisotopic (exact) mass is 804 g/mol. The molecule has 0 spiro atoms. The summed E-state index contributed by atoms with van der Waals surface area (Å²) in [5.74, 6) is -9.38. The number of hydrogen-bond acceptors (Lipinski definition) is 15. The molecule has 6 atom stereocenters. The Morgan fingerprint density at radius 1 is 0.373 bits per heavy atom. The van der Waals surface area contributed by atoms with Gasteiger partial charge < -0.3 is 75.9 Å². The van der Waals surface area contributed by atoms with E-state index in [0.29, 0.717) is 11.1 Å². The second-order valence-corrected chi connectivity index (χ2v) is 14.4. The van der Waals surface area contributed by atoms with Crippen molar-refractivity contribution in [3.63, 3.8) is 0 Å². The van der Waals surface area contributed by atoms with Crippen molar-refractivity contribution in [2.75, 3.05) is 0 Å². The van der Waals surface area contributed by atoms with Gasteiger partial charge in [0.05, 0.1) is 11.8 Å². The first kappa shape index (κ1) is 38.3. The highest BCUT2D eigenvalue weighted by atomic mass is 16.5. The molecule has 13 N–H and O–H groups in total. The van der Waals surface area contributed by atoms with E-state index in [1.54, 1.807) is 24.3 Å². The van der Waals surface area contributed by atoms with Gasteiger partial charge in [0.15, 0.2) is 35.2 Å². The van der Waals surface area contributed by atoms with Crippen LogP contribution >= 0.6 is 0 Å². The van der Waals surface area contributed by atoms with E-state index < -0.39 is 99.5 Å². The zero-order valence-corrected chi connectivity index (χ0v) is 30.4. The van der Waals surface area contributed by atoms with Gasteiger partial charge in [-0.25, -0.2) is 0 Å². The molecule has 0 fully saturated rings. The number of aliphatic hydroxyl groups excluding tert-OH is 2. The molecule has 0 amide bonds. The number of phenolic OH excluding ortho intramolecular Hbond substituents is 11. The van der Waals surface area contributed by atoms with Gasteiger partial charge in [-0.15, -0.1) is 0 Å².